The Morgan fingerprint density at radius 3 is 2.44 bits per heavy atom. The SMILES string of the molecule is CC(=O)Cc1ccc(OCC(=O)NN)cc1. The van der Waals surface area contributed by atoms with Gasteiger partial charge in [0.25, 0.3) is 5.91 Å². The van der Waals surface area contributed by atoms with E-state index in [1.165, 1.54) is 6.92 Å². The van der Waals surface area contributed by atoms with Crippen LogP contribution in [0.2, 0.25) is 0 Å². The van der Waals surface area contributed by atoms with Crippen LogP contribution in [0.3, 0.4) is 0 Å². The number of benzene rings is 1. The maximum Gasteiger partial charge on any atom is 0.271 e. The Balaban J connectivity index is 2.51. The number of hydrogen-bond donors (Lipinski definition) is 2. The summed E-state index contributed by atoms with van der Waals surface area (Å²) in [6, 6.07) is 7.00. The zero-order valence-electron chi connectivity index (χ0n) is 9.03. The molecule has 16 heavy (non-hydrogen) atoms. The van der Waals surface area contributed by atoms with Crippen LogP contribution in [-0.4, -0.2) is 18.3 Å². The van der Waals surface area contributed by atoms with Gasteiger partial charge in [-0.3, -0.25) is 15.0 Å². The van der Waals surface area contributed by atoms with E-state index >= 15 is 0 Å². The third-order valence-corrected chi connectivity index (χ3v) is 1.91. The summed E-state index contributed by atoms with van der Waals surface area (Å²) in [5.74, 6) is 5.18. The van der Waals surface area contributed by atoms with Crippen LogP contribution in [0, 0.1) is 0 Å². The summed E-state index contributed by atoms with van der Waals surface area (Å²) in [6.07, 6.45) is 0.406. The first-order valence-electron chi connectivity index (χ1n) is 4.82. The second-order valence-corrected chi connectivity index (χ2v) is 3.38. The Morgan fingerprint density at radius 2 is 1.94 bits per heavy atom. The van der Waals surface area contributed by atoms with Gasteiger partial charge < -0.3 is 4.74 Å². The van der Waals surface area contributed by atoms with Crippen molar-refractivity contribution in [3.05, 3.63) is 29.8 Å². The molecule has 1 aromatic rings. The molecule has 0 fully saturated rings. The van der Waals surface area contributed by atoms with E-state index in [1.807, 2.05) is 5.43 Å². The van der Waals surface area contributed by atoms with Crippen LogP contribution < -0.4 is 16.0 Å². The van der Waals surface area contributed by atoms with Crippen LogP contribution in [0.15, 0.2) is 24.3 Å². The highest BCUT2D eigenvalue weighted by molar-refractivity contribution is 5.78. The zero-order chi connectivity index (χ0) is 12.0. The molecule has 0 radical (unpaired) electrons. The van der Waals surface area contributed by atoms with Gasteiger partial charge in [-0.25, -0.2) is 5.84 Å². The fourth-order valence-electron chi connectivity index (χ4n) is 1.18. The van der Waals surface area contributed by atoms with E-state index in [-0.39, 0.29) is 12.4 Å². The highest BCUT2D eigenvalue weighted by atomic mass is 16.5. The van der Waals surface area contributed by atoms with Gasteiger partial charge in [-0.05, 0) is 24.6 Å². The first-order valence-corrected chi connectivity index (χ1v) is 4.82. The number of carbonyl (C=O) groups is 2. The lowest BCUT2D eigenvalue weighted by Crippen LogP contribution is -2.34. The Kier molecular flexibility index (Phi) is 4.47. The first kappa shape index (κ1) is 12.2. The molecule has 1 aromatic carbocycles. The van der Waals surface area contributed by atoms with Crippen LogP contribution in [-0.2, 0) is 16.0 Å². The molecule has 0 unspecified atom stereocenters. The lowest BCUT2D eigenvalue weighted by molar-refractivity contribution is -0.123. The Hall–Kier alpha value is -1.88. The third-order valence-electron chi connectivity index (χ3n) is 1.91. The van der Waals surface area contributed by atoms with E-state index in [2.05, 4.69) is 0 Å². The van der Waals surface area contributed by atoms with Crippen molar-refractivity contribution in [3.8, 4) is 5.75 Å². The molecule has 0 saturated heterocycles. The van der Waals surface area contributed by atoms with Crippen molar-refractivity contribution < 1.29 is 14.3 Å². The lowest BCUT2D eigenvalue weighted by atomic mass is 10.1. The number of carbonyl (C=O) groups excluding carboxylic acids is 2. The quantitative estimate of drug-likeness (QED) is 0.423. The standard InChI is InChI=1S/C11H14N2O3/c1-8(14)6-9-2-4-10(5-3-9)16-7-11(15)13-12/h2-5H,6-7,12H2,1H3,(H,13,15). The Bertz CT molecular complexity index is 373. The van der Waals surface area contributed by atoms with E-state index in [0.717, 1.165) is 5.56 Å². The summed E-state index contributed by atoms with van der Waals surface area (Å²) in [6.45, 7) is 1.42. The smallest absolute Gasteiger partial charge is 0.271 e. The summed E-state index contributed by atoms with van der Waals surface area (Å²) >= 11 is 0. The molecule has 1 amide bonds. The largest absolute Gasteiger partial charge is 0.484 e. The molecule has 0 aliphatic carbocycles. The molecule has 0 heterocycles. The van der Waals surface area contributed by atoms with Crippen molar-refractivity contribution in [1.29, 1.82) is 0 Å². The first-order chi connectivity index (χ1) is 7.61. The van der Waals surface area contributed by atoms with E-state index in [9.17, 15) is 9.59 Å². The van der Waals surface area contributed by atoms with Crippen molar-refractivity contribution >= 4 is 11.7 Å². The number of hydrazine groups is 1. The van der Waals surface area contributed by atoms with Crippen LogP contribution in [0.1, 0.15) is 12.5 Å². The van der Waals surface area contributed by atoms with E-state index in [0.29, 0.717) is 12.2 Å². The normalized spacial score (nSPS) is 9.62. The van der Waals surface area contributed by atoms with Gasteiger partial charge in [-0.2, -0.15) is 0 Å². The van der Waals surface area contributed by atoms with Crippen molar-refractivity contribution in [2.45, 2.75) is 13.3 Å². The summed E-state index contributed by atoms with van der Waals surface area (Å²) in [4.78, 5) is 21.6. The minimum absolute atomic E-state index is 0.108. The molecular formula is C11H14N2O3. The molecule has 3 N–H and O–H groups in total. The molecule has 1 rings (SSSR count). The van der Waals surface area contributed by atoms with Gasteiger partial charge in [0, 0.05) is 6.42 Å². The predicted molar refractivity (Wildman–Crippen MR) is 58.7 cm³/mol. The number of ketones is 1. The van der Waals surface area contributed by atoms with Gasteiger partial charge in [-0.1, -0.05) is 12.1 Å². The molecule has 0 aliphatic heterocycles. The Labute approximate surface area is 93.6 Å². The number of ether oxygens (including phenoxy) is 1. The van der Waals surface area contributed by atoms with Crippen molar-refractivity contribution in [3.63, 3.8) is 0 Å². The number of hydrogen-bond acceptors (Lipinski definition) is 4. The molecular weight excluding hydrogens is 208 g/mol. The van der Waals surface area contributed by atoms with Gasteiger partial charge in [0.15, 0.2) is 6.61 Å². The second-order valence-electron chi connectivity index (χ2n) is 3.38. The van der Waals surface area contributed by atoms with Gasteiger partial charge in [0.2, 0.25) is 0 Å². The van der Waals surface area contributed by atoms with Crippen molar-refractivity contribution in [2.24, 2.45) is 5.84 Å². The monoisotopic (exact) mass is 222 g/mol. The number of amides is 1. The molecule has 0 aromatic heterocycles. The summed E-state index contributed by atoms with van der Waals surface area (Å²) in [5, 5.41) is 0. The van der Waals surface area contributed by atoms with Gasteiger partial charge in [-0.15, -0.1) is 0 Å². The number of nitrogens with two attached hydrogens (primary N) is 1. The predicted octanol–water partition coefficient (Wildman–Crippen LogP) is 0.187. The Morgan fingerprint density at radius 1 is 1.31 bits per heavy atom. The molecule has 0 spiro atoms. The highest BCUT2D eigenvalue weighted by Crippen LogP contribution is 2.12. The number of rotatable bonds is 5. The van der Waals surface area contributed by atoms with Gasteiger partial charge in [0.1, 0.15) is 11.5 Å². The fraction of sp³-hybridized carbons (Fsp3) is 0.273. The van der Waals surface area contributed by atoms with Crippen LogP contribution in [0.25, 0.3) is 0 Å². The third kappa shape index (κ3) is 4.10. The molecule has 0 bridgehead atoms. The van der Waals surface area contributed by atoms with Crippen LogP contribution in [0.4, 0.5) is 0 Å². The lowest BCUT2D eigenvalue weighted by Gasteiger charge is -2.05. The molecule has 86 valence electrons. The van der Waals surface area contributed by atoms with E-state index in [4.69, 9.17) is 10.6 Å². The number of nitrogens with one attached hydrogen (secondary N) is 1. The van der Waals surface area contributed by atoms with Gasteiger partial charge >= 0.3 is 0 Å². The second kappa shape index (κ2) is 5.87. The molecule has 0 aliphatic rings. The number of Topliss-reactive ketones (excluding diaryl/α,β-unsaturated/α-hetero) is 1. The summed E-state index contributed by atoms with van der Waals surface area (Å²) in [7, 11) is 0. The minimum atomic E-state index is -0.396. The summed E-state index contributed by atoms with van der Waals surface area (Å²) in [5.41, 5.74) is 2.88. The molecule has 5 heteroatoms. The molecule has 0 atom stereocenters. The fourth-order valence-corrected chi connectivity index (χ4v) is 1.18. The molecule has 5 nitrogen and oxygen atoms in total. The van der Waals surface area contributed by atoms with Crippen LogP contribution in [0.5, 0.6) is 5.75 Å². The van der Waals surface area contributed by atoms with Crippen molar-refractivity contribution in [1.82, 2.24) is 5.43 Å². The molecule has 0 saturated carbocycles. The highest BCUT2D eigenvalue weighted by Gasteiger charge is 2.01. The summed E-state index contributed by atoms with van der Waals surface area (Å²) < 4.78 is 5.14. The zero-order valence-corrected chi connectivity index (χ0v) is 9.03. The average Bonchev–Trinajstić information content (AvgIpc) is 2.27. The average molecular weight is 222 g/mol. The van der Waals surface area contributed by atoms with Crippen LogP contribution >= 0.6 is 0 Å². The van der Waals surface area contributed by atoms with Crippen molar-refractivity contribution in [2.75, 3.05) is 6.61 Å². The maximum atomic E-state index is 10.9. The van der Waals surface area contributed by atoms with Gasteiger partial charge in [0.05, 0.1) is 0 Å². The van der Waals surface area contributed by atoms with E-state index in [1.54, 1.807) is 24.3 Å². The topological polar surface area (TPSA) is 81.4 Å². The van der Waals surface area contributed by atoms with E-state index < -0.39 is 5.91 Å². The minimum Gasteiger partial charge on any atom is -0.484 e. The maximum absolute atomic E-state index is 10.9.